The van der Waals surface area contributed by atoms with Gasteiger partial charge in [-0.2, -0.15) is 0 Å². The summed E-state index contributed by atoms with van der Waals surface area (Å²) in [4.78, 5) is 26.6. The predicted octanol–water partition coefficient (Wildman–Crippen LogP) is -2.02. The van der Waals surface area contributed by atoms with Crippen LogP contribution in [0.1, 0.15) is 6.42 Å². The van der Waals surface area contributed by atoms with E-state index in [0.717, 1.165) is 13.0 Å². The third-order valence-corrected chi connectivity index (χ3v) is 3.05. The molecule has 1 rings (SSSR count). The van der Waals surface area contributed by atoms with E-state index in [1.807, 2.05) is 4.90 Å². The maximum absolute atomic E-state index is 12.1. The molecule has 1 saturated heterocycles. The van der Waals surface area contributed by atoms with Gasteiger partial charge in [-0.1, -0.05) is 0 Å². The van der Waals surface area contributed by atoms with Gasteiger partial charge in [-0.3, -0.25) is 14.5 Å². The van der Waals surface area contributed by atoms with Crippen molar-refractivity contribution in [2.75, 3.05) is 46.4 Å². The molecule has 7 nitrogen and oxygen atoms in total. The van der Waals surface area contributed by atoms with Crippen molar-refractivity contribution in [2.45, 2.75) is 12.5 Å². The van der Waals surface area contributed by atoms with Gasteiger partial charge < -0.3 is 21.1 Å². The minimum atomic E-state index is -0.576. The third kappa shape index (κ3) is 4.25. The molecule has 1 heterocycles. The van der Waals surface area contributed by atoms with Crippen molar-refractivity contribution in [2.24, 2.45) is 11.5 Å². The number of nitrogens with zero attached hydrogens (tertiary/aromatic N) is 2. The van der Waals surface area contributed by atoms with Crippen molar-refractivity contribution < 1.29 is 14.3 Å². The number of amides is 2. The van der Waals surface area contributed by atoms with Gasteiger partial charge in [0.05, 0.1) is 6.54 Å². The Kier molecular flexibility index (Phi) is 6.03. The number of carbonyl (C=O) groups excluding carboxylic acids is 2. The molecule has 0 bridgehead atoms. The number of hydrogen-bond donors (Lipinski definition) is 2. The van der Waals surface area contributed by atoms with E-state index in [9.17, 15) is 9.59 Å². The minimum absolute atomic E-state index is 0.0825. The fourth-order valence-electron chi connectivity index (χ4n) is 2.07. The summed E-state index contributed by atoms with van der Waals surface area (Å²) < 4.78 is 5.04. The zero-order valence-electron chi connectivity index (χ0n) is 10.8. The lowest BCUT2D eigenvalue weighted by Gasteiger charge is -2.24. The first kappa shape index (κ1) is 14.9. The van der Waals surface area contributed by atoms with E-state index in [2.05, 4.69) is 0 Å². The first-order valence-electron chi connectivity index (χ1n) is 6.10. The van der Waals surface area contributed by atoms with Gasteiger partial charge >= 0.3 is 0 Å². The van der Waals surface area contributed by atoms with Gasteiger partial charge in [-0.25, -0.2) is 0 Å². The molecule has 0 aromatic heterocycles. The van der Waals surface area contributed by atoms with Gasteiger partial charge in [-0.05, 0) is 6.42 Å². The van der Waals surface area contributed by atoms with Crippen molar-refractivity contribution >= 4 is 11.8 Å². The Hall–Kier alpha value is -1.18. The standard InChI is InChI=1S/C11H22N4O3/c1-18-9(7-12)11(17)15-4-2-3-14(5-6-15)8-10(13)16/h9H,2-8,12H2,1H3,(H2,13,16). The van der Waals surface area contributed by atoms with E-state index in [1.54, 1.807) is 4.90 Å². The number of ether oxygens (including phenoxy) is 1. The molecule has 2 amide bonds. The number of hydrogen-bond acceptors (Lipinski definition) is 5. The van der Waals surface area contributed by atoms with Crippen LogP contribution in [-0.2, 0) is 14.3 Å². The number of rotatable bonds is 5. The zero-order chi connectivity index (χ0) is 13.5. The van der Waals surface area contributed by atoms with Crippen LogP contribution in [0.5, 0.6) is 0 Å². The largest absolute Gasteiger partial charge is 0.370 e. The van der Waals surface area contributed by atoms with Crippen molar-refractivity contribution in [3.8, 4) is 0 Å². The van der Waals surface area contributed by atoms with Gasteiger partial charge in [-0.15, -0.1) is 0 Å². The van der Waals surface area contributed by atoms with Crippen LogP contribution in [0, 0.1) is 0 Å². The molecular formula is C11H22N4O3. The number of nitrogens with two attached hydrogens (primary N) is 2. The second-order valence-corrected chi connectivity index (χ2v) is 4.38. The van der Waals surface area contributed by atoms with Crippen LogP contribution in [0.25, 0.3) is 0 Å². The smallest absolute Gasteiger partial charge is 0.253 e. The normalized spacial score (nSPS) is 19.3. The van der Waals surface area contributed by atoms with E-state index in [4.69, 9.17) is 16.2 Å². The van der Waals surface area contributed by atoms with E-state index < -0.39 is 6.10 Å². The van der Waals surface area contributed by atoms with Gasteiger partial charge in [0.25, 0.3) is 5.91 Å². The molecule has 18 heavy (non-hydrogen) atoms. The summed E-state index contributed by atoms with van der Waals surface area (Å²) in [6.07, 6.45) is 0.243. The fourth-order valence-corrected chi connectivity index (χ4v) is 2.07. The quantitative estimate of drug-likeness (QED) is 0.592. The summed E-state index contributed by atoms with van der Waals surface area (Å²) in [7, 11) is 1.48. The van der Waals surface area contributed by atoms with Crippen LogP contribution >= 0.6 is 0 Å². The lowest BCUT2D eigenvalue weighted by Crippen LogP contribution is -2.45. The predicted molar refractivity (Wildman–Crippen MR) is 66.7 cm³/mol. The van der Waals surface area contributed by atoms with Crippen molar-refractivity contribution in [1.82, 2.24) is 9.80 Å². The Morgan fingerprint density at radius 3 is 2.56 bits per heavy atom. The molecule has 0 aromatic rings. The lowest BCUT2D eigenvalue weighted by atomic mass is 10.3. The molecule has 0 aliphatic carbocycles. The maximum atomic E-state index is 12.1. The summed E-state index contributed by atoms with van der Waals surface area (Å²) in [5, 5.41) is 0. The summed E-state index contributed by atoms with van der Waals surface area (Å²) in [6, 6.07) is 0. The Morgan fingerprint density at radius 2 is 2.00 bits per heavy atom. The molecule has 1 fully saturated rings. The summed E-state index contributed by atoms with van der Waals surface area (Å²) in [6.45, 7) is 3.08. The Labute approximate surface area is 107 Å². The van der Waals surface area contributed by atoms with Crippen molar-refractivity contribution in [3.63, 3.8) is 0 Å². The van der Waals surface area contributed by atoms with Crippen LogP contribution in [0.4, 0.5) is 0 Å². The molecule has 104 valence electrons. The topological polar surface area (TPSA) is 102 Å². The number of carbonyl (C=O) groups is 2. The Bertz CT molecular complexity index is 294. The average molecular weight is 258 g/mol. The van der Waals surface area contributed by atoms with E-state index >= 15 is 0 Å². The Balaban J connectivity index is 2.50. The first-order chi connectivity index (χ1) is 8.58. The summed E-state index contributed by atoms with van der Waals surface area (Å²) >= 11 is 0. The molecule has 1 atom stereocenters. The van der Waals surface area contributed by atoms with Gasteiger partial charge in [0.1, 0.15) is 6.10 Å². The first-order valence-corrected chi connectivity index (χ1v) is 6.10. The van der Waals surface area contributed by atoms with E-state index in [-0.39, 0.29) is 24.9 Å². The monoisotopic (exact) mass is 258 g/mol. The average Bonchev–Trinajstić information content (AvgIpc) is 2.55. The highest BCUT2D eigenvalue weighted by molar-refractivity contribution is 5.81. The van der Waals surface area contributed by atoms with Gasteiger partial charge in [0.15, 0.2) is 0 Å². The van der Waals surface area contributed by atoms with Crippen molar-refractivity contribution in [1.29, 1.82) is 0 Å². The van der Waals surface area contributed by atoms with Crippen molar-refractivity contribution in [3.05, 3.63) is 0 Å². The highest BCUT2D eigenvalue weighted by Gasteiger charge is 2.25. The lowest BCUT2D eigenvalue weighted by molar-refractivity contribution is -0.141. The highest BCUT2D eigenvalue weighted by atomic mass is 16.5. The summed E-state index contributed by atoms with van der Waals surface area (Å²) in [5.74, 6) is -0.424. The van der Waals surface area contributed by atoms with E-state index in [1.165, 1.54) is 7.11 Å². The van der Waals surface area contributed by atoms with E-state index in [0.29, 0.717) is 19.6 Å². The van der Waals surface area contributed by atoms with Crippen LogP contribution < -0.4 is 11.5 Å². The molecule has 7 heteroatoms. The van der Waals surface area contributed by atoms with Gasteiger partial charge in [0, 0.05) is 39.8 Å². The fraction of sp³-hybridized carbons (Fsp3) is 0.818. The third-order valence-electron chi connectivity index (χ3n) is 3.05. The van der Waals surface area contributed by atoms with Crippen LogP contribution in [0.15, 0.2) is 0 Å². The molecule has 0 aromatic carbocycles. The second kappa shape index (κ2) is 7.30. The minimum Gasteiger partial charge on any atom is -0.370 e. The molecule has 1 aliphatic rings. The van der Waals surface area contributed by atoms with Crippen LogP contribution in [0.2, 0.25) is 0 Å². The zero-order valence-corrected chi connectivity index (χ0v) is 10.8. The molecule has 0 radical (unpaired) electrons. The molecule has 0 saturated carbocycles. The SMILES string of the molecule is COC(CN)C(=O)N1CCCN(CC(N)=O)CC1. The molecular weight excluding hydrogens is 236 g/mol. The maximum Gasteiger partial charge on any atom is 0.253 e. The molecule has 4 N–H and O–H groups in total. The molecule has 1 aliphatic heterocycles. The summed E-state index contributed by atoms with van der Waals surface area (Å²) in [5.41, 5.74) is 10.6. The number of methoxy groups -OCH3 is 1. The van der Waals surface area contributed by atoms with Gasteiger partial charge in [0.2, 0.25) is 5.91 Å². The highest BCUT2D eigenvalue weighted by Crippen LogP contribution is 2.05. The van der Waals surface area contributed by atoms with Crippen LogP contribution in [0.3, 0.4) is 0 Å². The molecule has 0 spiro atoms. The Morgan fingerprint density at radius 1 is 1.28 bits per heavy atom. The second-order valence-electron chi connectivity index (χ2n) is 4.38. The van der Waals surface area contributed by atoms with Crippen LogP contribution in [-0.4, -0.2) is 74.1 Å². The molecule has 1 unspecified atom stereocenters. The number of primary amides is 1.